The molecule has 0 radical (unpaired) electrons. The van der Waals surface area contributed by atoms with Crippen LogP contribution < -0.4 is 5.32 Å². The number of rotatable bonds is 1. The maximum atomic E-state index is 4.02. The molecule has 2 rings (SSSR count). The van der Waals surface area contributed by atoms with E-state index >= 15 is 0 Å². The van der Waals surface area contributed by atoms with E-state index in [2.05, 4.69) is 20.7 Å². The fourth-order valence-corrected chi connectivity index (χ4v) is 0.911. The van der Waals surface area contributed by atoms with Crippen LogP contribution in [0.25, 0.3) is 6.08 Å². The second-order valence-corrected chi connectivity index (χ2v) is 2.54. The molecule has 0 aliphatic carbocycles. The lowest BCUT2D eigenvalue weighted by Gasteiger charge is -2.17. The average molecular weight is 151 g/mol. The highest BCUT2D eigenvalue weighted by Crippen LogP contribution is 2.04. The quantitative estimate of drug-likeness (QED) is 0.570. The minimum atomic E-state index is 0.698. The summed E-state index contributed by atoms with van der Waals surface area (Å²) in [7, 11) is 1.76. The summed E-state index contributed by atoms with van der Waals surface area (Å²) in [4.78, 5) is 1.46. The van der Waals surface area contributed by atoms with Crippen LogP contribution in [0.1, 0.15) is 5.82 Å². The molecule has 0 saturated carbocycles. The van der Waals surface area contributed by atoms with E-state index in [0.717, 1.165) is 13.1 Å². The van der Waals surface area contributed by atoms with E-state index in [1.54, 1.807) is 7.05 Å². The normalized spacial score (nSPS) is 16.3. The molecule has 2 heterocycles. The summed E-state index contributed by atoms with van der Waals surface area (Å²) in [5.74, 6) is 0.698. The van der Waals surface area contributed by atoms with Gasteiger partial charge in [-0.15, -0.1) is 10.2 Å². The van der Waals surface area contributed by atoms with Gasteiger partial charge in [0.2, 0.25) is 0 Å². The summed E-state index contributed by atoms with van der Waals surface area (Å²) >= 11 is 0. The Morgan fingerprint density at radius 3 is 2.82 bits per heavy atom. The highest BCUT2D eigenvalue weighted by Gasteiger charge is 2.07. The third-order valence-electron chi connectivity index (χ3n) is 1.56. The lowest BCUT2D eigenvalue weighted by Crippen LogP contribution is -2.33. The standard InChI is InChI=1S/C6H9N5/c1-11-9-6(8-10-11)2-5-3-7-4-5/h2,7H,3-4H2,1H3. The molecule has 5 heteroatoms. The van der Waals surface area contributed by atoms with Gasteiger partial charge in [0.15, 0.2) is 5.82 Å². The van der Waals surface area contributed by atoms with Crippen LogP contribution in [0.3, 0.4) is 0 Å². The predicted octanol–water partition coefficient (Wildman–Crippen LogP) is -0.803. The van der Waals surface area contributed by atoms with Crippen LogP contribution in [0, 0.1) is 0 Å². The molecule has 1 aliphatic rings. The molecule has 1 saturated heterocycles. The van der Waals surface area contributed by atoms with Gasteiger partial charge >= 0.3 is 0 Å². The van der Waals surface area contributed by atoms with Gasteiger partial charge in [-0.3, -0.25) is 0 Å². The topological polar surface area (TPSA) is 55.6 Å². The molecule has 0 amide bonds. The van der Waals surface area contributed by atoms with Gasteiger partial charge in [-0.05, 0) is 16.9 Å². The van der Waals surface area contributed by atoms with Gasteiger partial charge in [-0.25, -0.2) is 0 Å². The van der Waals surface area contributed by atoms with E-state index in [1.807, 2.05) is 6.08 Å². The van der Waals surface area contributed by atoms with Crippen LogP contribution in [0.15, 0.2) is 5.57 Å². The Morgan fingerprint density at radius 2 is 2.36 bits per heavy atom. The van der Waals surface area contributed by atoms with Crippen molar-refractivity contribution in [3.05, 3.63) is 11.4 Å². The lowest BCUT2D eigenvalue weighted by atomic mass is 10.1. The van der Waals surface area contributed by atoms with Crippen molar-refractivity contribution >= 4 is 6.08 Å². The first-order chi connectivity index (χ1) is 5.34. The van der Waals surface area contributed by atoms with Gasteiger partial charge < -0.3 is 5.32 Å². The fourth-order valence-electron chi connectivity index (χ4n) is 0.911. The maximum absolute atomic E-state index is 4.02. The number of nitrogens with one attached hydrogen (secondary N) is 1. The van der Waals surface area contributed by atoms with E-state index in [0.29, 0.717) is 5.82 Å². The highest BCUT2D eigenvalue weighted by molar-refractivity contribution is 5.47. The number of hydrogen-bond donors (Lipinski definition) is 1. The molecule has 0 unspecified atom stereocenters. The third kappa shape index (κ3) is 1.27. The summed E-state index contributed by atoms with van der Waals surface area (Å²) in [6.07, 6.45) is 1.96. The zero-order valence-electron chi connectivity index (χ0n) is 6.28. The third-order valence-corrected chi connectivity index (χ3v) is 1.56. The Balaban J connectivity index is 2.17. The number of aryl methyl sites for hydroxylation is 1. The van der Waals surface area contributed by atoms with Crippen molar-refractivity contribution < 1.29 is 0 Å². The lowest BCUT2D eigenvalue weighted by molar-refractivity contribution is 0.629. The maximum Gasteiger partial charge on any atom is 0.197 e. The second kappa shape index (κ2) is 2.43. The zero-order valence-corrected chi connectivity index (χ0v) is 6.28. The number of aromatic nitrogens is 4. The first-order valence-electron chi connectivity index (χ1n) is 3.49. The molecule has 0 aromatic carbocycles. The second-order valence-electron chi connectivity index (χ2n) is 2.54. The van der Waals surface area contributed by atoms with Gasteiger partial charge in [0, 0.05) is 13.1 Å². The summed E-state index contributed by atoms with van der Waals surface area (Å²) in [6.45, 7) is 1.91. The van der Waals surface area contributed by atoms with Crippen LogP contribution in [-0.2, 0) is 7.05 Å². The molecule has 1 N–H and O–H groups in total. The van der Waals surface area contributed by atoms with Gasteiger partial charge in [0.1, 0.15) is 0 Å². The molecule has 11 heavy (non-hydrogen) atoms. The number of hydrogen-bond acceptors (Lipinski definition) is 4. The molecule has 1 aliphatic heterocycles. The van der Waals surface area contributed by atoms with Crippen LogP contribution in [0.4, 0.5) is 0 Å². The summed E-state index contributed by atoms with van der Waals surface area (Å²) in [5.41, 5.74) is 1.33. The highest BCUT2D eigenvalue weighted by atomic mass is 15.6. The minimum absolute atomic E-state index is 0.698. The summed E-state index contributed by atoms with van der Waals surface area (Å²) in [5, 5.41) is 14.7. The van der Waals surface area contributed by atoms with E-state index in [4.69, 9.17) is 0 Å². The van der Waals surface area contributed by atoms with Crippen molar-refractivity contribution in [2.24, 2.45) is 7.05 Å². The molecule has 0 spiro atoms. The largest absolute Gasteiger partial charge is 0.309 e. The van der Waals surface area contributed by atoms with Gasteiger partial charge in [-0.2, -0.15) is 4.80 Å². The first kappa shape index (κ1) is 6.48. The SMILES string of the molecule is Cn1nnc(C=C2CNC2)n1. The van der Waals surface area contributed by atoms with Gasteiger partial charge in [-0.1, -0.05) is 0 Å². The Hall–Kier alpha value is -1.23. The zero-order chi connectivity index (χ0) is 7.68. The Bertz CT molecular complexity index is 281. The molecule has 0 bridgehead atoms. The molecule has 5 nitrogen and oxygen atoms in total. The minimum Gasteiger partial charge on any atom is -0.309 e. The molecule has 1 aromatic heterocycles. The molecule has 58 valence electrons. The molecule has 1 aromatic rings. The molecule has 0 atom stereocenters. The molecular formula is C6H9N5. The number of nitrogens with zero attached hydrogens (tertiary/aromatic N) is 4. The van der Waals surface area contributed by atoms with Crippen LogP contribution in [0.2, 0.25) is 0 Å². The van der Waals surface area contributed by atoms with Crippen LogP contribution in [0.5, 0.6) is 0 Å². The van der Waals surface area contributed by atoms with Gasteiger partial charge in [0.05, 0.1) is 7.05 Å². The summed E-state index contributed by atoms with van der Waals surface area (Å²) < 4.78 is 0. The molecular weight excluding hydrogens is 142 g/mol. The fraction of sp³-hybridized carbons (Fsp3) is 0.500. The van der Waals surface area contributed by atoms with Crippen molar-refractivity contribution in [2.75, 3.05) is 13.1 Å². The Morgan fingerprint density at radius 1 is 1.55 bits per heavy atom. The first-order valence-corrected chi connectivity index (χ1v) is 3.49. The van der Waals surface area contributed by atoms with Crippen molar-refractivity contribution in [2.45, 2.75) is 0 Å². The Labute approximate surface area is 64.1 Å². The average Bonchev–Trinajstić information content (AvgIpc) is 2.27. The summed E-state index contributed by atoms with van der Waals surface area (Å²) in [6, 6.07) is 0. The van der Waals surface area contributed by atoms with E-state index in [-0.39, 0.29) is 0 Å². The van der Waals surface area contributed by atoms with E-state index < -0.39 is 0 Å². The van der Waals surface area contributed by atoms with E-state index in [9.17, 15) is 0 Å². The van der Waals surface area contributed by atoms with Crippen molar-refractivity contribution in [3.63, 3.8) is 0 Å². The van der Waals surface area contributed by atoms with Crippen molar-refractivity contribution in [3.8, 4) is 0 Å². The van der Waals surface area contributed by atoms with Crippen molar-refractivity contribution in [1.82, 2.24) is 25.5 Å². The van der Waals surface area contributed by atoms with Crippen LogP contribution >= 0.6 is 0 Å². The number of tetrazole rings is 1. The van der Waals surface area contributed by atoms with Gasteiger partial charge in [0.25, 0.3) is 0 Å². The monoisotopic (exact) mass is 151 g/mol. The van der Waals surface area contributed by atoms with Crippen molar-refractivity contribution in [1.29, 1.82) is 0 Å². The van der Waals surface area contributed by atoms with E-state index in [1.165, 1.54) is 10.4 Å². The predicted molar refractivity (Wildman–Crippen MR) is 39.6 cm³/mol. The molecule has 1 fully saturated rings. The Kier molecular flexibility index (Phi) is 1.43. The smallest absolute Gasteiger partial charge is 0.197 e. The van der Waals surface area contributed by atoms with Crippen LogP contribution in [-0.4, -0.2) is 33.3 Å².